The molecular weight excluding hydrogens is 234 g/mol. The van der Waals surface area contributed by atoms with E-state index in [0.29, 0.717) is 6.04 Å². The molecule has 1 saturated heterocycles. The summed E-state index contributed by atoms with van der Waals surface area (Å²) in [5, 5.41) is 3.29. The minimum Gasteiger partial charge on any atom is -0.367 e. The molecule has 1 aliphatic heterocycles. The third-order valence-electron chi connectivity index (χ3n) is 3.86. The molecule has 2 rings (SSSR count). The molecule has 106 valence electrons. The molecule has 1 unspecified atom stereocenters. The van der Waals surface area contributed by atoms with Gasteiger partial charge in [-0.25, -0.2) is 0 Å². The maximum Gasteiger partial charge on any atom is 0.0417 e. The first kappa shape index (κ1) is 14.4. The molecule has 0 aliphatic carbocycles. The molecule has 1 N–H and O–H groups in total. The Morgan fingerprint density at radius 2 is 2.16 bits per heavy atom. The van der Waals surface area contributed by atoms with E-state index in [0.717, 1.165) is 13.1 Å². The Labute approximate surface area is 117 Å². The monoisotopic (exact) mass is 261 g/mol. The summed E-state index contributed by atoms with van der Waals surface area (Å²) in [4.78, 5) is 4.90. The number of rotatable bonds is 5. The molecule has 1 aromatic rings. The zero-order valence-corrected chi connectivity index (χ0v) is 12.7. The minimum atomic E-state index is 0.660. The summed E-state index contributed by atoms with van der Waals surface area (Å²) in [7, 11) is 6.35. The summed E-state index contributed by atoms with van der Waals surface area (Å²) in [5.74, 6) is 0. The van der Waals surface area contributed by atoms with Crippen molar-refractivity contribution in [3.8, 4) is 0 Å². The standard InChI is InChI=1S/C16H27N3/c1-13-7-8-16(14(10-13)11-17-2)19-9-5-6-15(19)12-18(3)4/h7-8,10,15,17H,5-6,9,11-12H2,1-4H3. The fraction of sp³-hybridized carbons (Fsp3) is 0.625. The van der Waals surface area contributed by atoms with Gasteiger partial charge in [-0.15, -0.1) is 0 Å². The Hall–Kier alpha value is -1.06. The lowest BCUT2D eigenvalue weighted by Crippen LogP contribution is -2.38. The number of aryl methyl sites for hydroxylation is 1. The fourth-order valence-corrected chi connectivity index (χ4v) is 3.09. The second-order valence-corrected chi connectivity index (χ2v) is 5.91. The van der Waals surface area contributed by atoms with Crippen molar-refractivity contribution in [3.05, 3.63) is 29.3 Å². The SMILES string of the molecule is CNCc1cc(C)ccc1N1CCCC1CN(C)C. The average Bonchev–Trinajstić information content (AvgIpc) is 2.77. The number of nitrogens with zero attached hydrogens (tertiary/aromatic N) is 2. The van der Waals surface area contributed by atoms with Gasteiger partial charge in [-0.05, 0) is 52.5 Å². The van der Waals surface area contributed by atoms with Crippen LogP contribution < -0.4 is 10.2 Å². The van der Waals surface area contributed by atoms with E-state index in [9.17, 15) is 0 Å². The molecule has 3 heteroatoms. The fourth-order valence-electron chi connectivity index (χ4n) is 3.09. The van der Waals surface area contributed by atoms with Crippen LogP contribution in [0.2, 0.25) is 0 Å². The van der Waals surface area contributed by atoms with Crippen molar-refractivity contribution in [2.75, 3.05) is 39.1 Å². The van der Waals surface area contributed by atoms with Gasteiger partial charge in [0.05, 0.1) is 0 Å². The van der Waals surface area contributed by atoms with Crippen LogP contribution in [0.5, 0.6) is 0 Å². The van der Waals surface area contributed by atoms with Crippen LogP contribution in [-0.2, 0) is 6.54 Å². The van der Waals surface area contributed by atoms with Gasteiger partial charge in [-0.1, -0.05) is 17.7 Å². The first-order valence-corrected chi connectivity index (χ1v) is 7.27. The topological polar surface area (TPSA) is 18.5 Å². The van der Waals surface area contributed by atoms with E-state index in [-0.39, 0.29) is 0 Å². The van der Waals surface area contributed by atoms with Crippen molar-refractivity contribution in [3.63, 3.8) is 0 Å². The van der Waals surface area contributed by atoms with Crippen LogP contribution in [-0.4, -0.2) is 45.2 Å². The summed E-state index contributed by atoms with van der Waals surface area (Å²) in [5.41, 5.74) is 4.19. The molecule has 0 aromatic heterocycles. The zero-order valence-electron chi connectivity index (χ0n) is 12.7. The van der Waals surface area contributed by atoms with Crippen LogP contribution in [0.15, 0.2) is 18.2 Å². The summed E-state index contributed by atoms with van der Waals surface area (Å²) >= 11 is 0. The third kappa shape index (κ3) is 3.48. The van der Waals surface area contributed by atoms with Crippen LogP contribution in [0.25, 0.3) is 0 Å². The Balaban J connectivity index is 2.24. The first-order chi connectivity index (χ1) is 9.11. The lowest BCUT2D eigenvalue weighted by molar-refractivity contribution is 0.372. The normalized spacial score (nSPS) is 19.4. The van der Waals surface area contributed by atoms with Gasteiger partial charge in [0, 0.05) is 31.4 Å². The van der Waals surface area contributed by atoms with E-state index in [1.54, 1.807) is 0 Å². The van der Waals surface area contributed by atoms with Gasteiger partial charge in [0.25, 0.3) is 0 Å². The van der Waals surface area contributed by atoms with Gasteiger partial charge in [-0.2, -0.15) is 0 Å². The Bertz CT molecular complexity index is 414. The number of likely N-dealkylation sites (N-methyl/N-ethyl adjacent to an activating group) is 1. The lowest BCUT2D eigenvalue weighted by atomic mass is 10.1. The van der Waals surface area contributed by atoms with Gasteiger partial charge >= 0.3 is 0 Å². The van der Waals surface area contributed by atoms with E-state index in [4.69, 9.17) is 0 Å². The highest BCUT2D eigenvalue weighted by Crippen LogP contribution is 2.29. The highest BCUT2D eigenvalue weighted by molar-refractivity contribution is 5.56. The van der Waals surface area contributed by atoms with Gasteiger partial charge in [0.15, 0.2) is 0 Å². The second kappa shape index (κ2) is 6.40. The van der Waals surface area contributed by atoms with Crippen molar-refractivity contribution in [1.29, 1.82) is 0 Å². The summed E-state index contributed by atoms with van der Waals surface area (Å²) < 4.78 is 0. The van der Waals surface area contributed by atoms with Crippen LogP contribution in [0, 0.1) is 6.92 Å². The van der Waals surface area contributed by atoms with E-state index >= 15 is 0 Å². The molecule has 0 bridgehead atoms. The number of nitrogens with one attached hydrogen (secondary N) is 1. The summed E-state index contributed by atoms with van der Waals surface area (Å²) in [6.45, 7) is 5.46. The van der Waals surface area contributed by atoms with E-state index in [1.165, 1.54) is 36.2 Å². The molecule has 0 saturated carbocycles. The molecule has 1 heterocycles. The smallest absolute Gasteiger partial charge is 0.0417 e. The second-order valence-electron chi connectivity index (χ2n) is 5.91. The molecule has 0 spiro atoms. The van der Waals surface area contributed by atoms with Crippen molar-refractivity contribution in [1.82, 2.24) is 10.2 Å². The lowest BCUT2D eigenvalue weighted by Gasteiger charge is -2.31. The highest BCUT2D eigenvalue weighted by Gasteiger charge is 2.26. The molecule has 0 radical (unpaired) electrons. The summed E-state index contributed by atoms with van der Waals surface area (Å²) in [6, 6.07) is 7.51. The highest BCUT2D eigenvalue weighted by atomic mass is 15.2. The number of benzene rings is 1. The minimum absolute atomic E-state index is 0.660. The maximum absolute atomic E-state index is 3.29. The van der Waals surface area contributed by atoms with Gasteiger partial charge < -0.3 is 15.1 Å². The largest absolute Gasteiger partial charge is 0.367 e. The number of hydrogen-bond donors (Lipinski definition) is 1. The number of anilines is 1. The average molecular weight is 261 g/mol. The van der Waals surface area contributed by atoms with E-state index in [2.05, 4.69) is 54.3 Å². The molecule has 1 aliphatic rings. The van der Waals surface area contributed by atoms with Crippen molar-refractivity contribution < 1.29 is 0 Å². The quantitative estimate of drug-likeness (QED) is 0.877. The Morgan fingerprint density at radius 1 is 1.37 bits per heavy atom. The summed E-state index contributed by atoms with van der Waals surface area (Å²) in [6.07, 6.45) is 2.62. The van der Waals surface area contributed by atoms with Crippen molar-refractivity contribution in [2.24, 2.45) is 0 Å². The van der Waals surface area contributed by atoms with Crippen LogP contribution in [0.4, 0.5) is 5.69 Å². The Kier molecular flexibility index (Phi) is 4.83. The molecule has 0 amide bonds. The van der Waals surface area contributed by atoms with Crippen LogP contribution in [0.3, 0.4) is 0 Å². The molecule has 1 atom stereocenters. The van der Waals surface area contributed by atoms with Crippen LogP contribution >= 0.6 is 0 Å². The molecule has 1 aromatic carbocycles. The van der Waals surface area contributed by atoms with E-state index < -0.39 is 0 Å². The van der Waals surface area contributed by atoms with Crippen LogP contribution in [0.1, 0.15) is 24.0 Å². The van der Waals surface area contributed by atoms with Crippen molar-refractivity contribution >= 4 is 5.69 Å². The predicted molar refractivity (Wildman–Crippen MR) is 82.9 cm³/mol. The maximum atomic E-state index is 3.29. The Morgan fingerprint density at radius 3 is 2.84 bits per heavy atom. The van der Waals surface area contributed by atoms with Gasteiger partial charge in [-0.3, -0.25) is 0 Å². The first-order valence-electron chi connectivity index (χ1n) is 7.27. The molecule has 19 heavy (non-hydrogen) atoms. The van der Waals surface area contributed by atoms with Crippen molar-refractivity contribution in [2.45, 2.75) is 32.4 Å². The van der Waals surface area contributed by atoms with Gasteiger partial charge in [0.1, 0.15) is 0 Å². The zero-order chi connectivity index (χ0) is 13.8. The van der Waals surface area contributed by atoms with Gasteiger partial charge in [0.2, 0.25) is 0 Å². The predicted octanol–water partition coefficient (Wildman–Crippen LogP) is 2.24. The third-order valence-corrected chi connectivity index (χ3v) is 3.86. The van der Waals surface area contributed by atoms with E-state index in [1.807, 2.05) is 7.05 Å². The molecule has 3 nitrogen and oxygen atoms in total. The molecular formula is C16H27N3. The number of hydrogen-bond acceptors (Lipinski definition) is 3. The molecule has 1 fully saturated rings.